The number of rotatable bonds is 3. The van der Waals surface area contributed by atoms with Gasteiger partial charge in [-0.2, -0.15) is 0 Å². The van der Waals surface area contributed by atoms with Crippen LogP contribution in [0.25, 0.3) is 0 Å². The van der Waals surface area contributed by atoms with Gasteiger partial charge in [0.05, 0.1) is 0 Å². The van der Waals surface area contributed by atoms with Gasteiger partial charge in [-0.1, -0.05) is 18.2 Å². The Labute approximate surface area is 97.3 Å². The van der Waals surface area contributed by atoms with Gasteiger partial charge in [0, 0.05) is 13.0 Å². The molecular weight excluding hydrogens is 201 g/mol. The molecule has 88 valence electrons. The van der Waals surface area contributed by atoms with Crippen LogP contribution in [-0.4, -0.2) is 24.5 Å². The Balaban J connectivity index is 1.93. The molecule has 16 heavy (non-hydrogen) atoms. The molecule has 0 amide bonds. The van der Waals surface area contributed by atoms with Crippen LogP contribution in [0.5, 0.6) is 0 Å². The fourth-order valence-electron chi connectivity index (χ4n) is 2.62. The van der Waals surface area contributed by atoms with Gasteiger partial charge in [0.15, 0.2) is 0 Å². The summed E-state index contributed by atoms with van der Waals surface area (Å²) in [6.07, 6.45) is 9.70. The maximum Gasteiger partial charge on any atom is 0.104 e. The van der Waals surface area contributed by atoms with Gasteiger partial charge in [-0.05, 0) is 43.8 Å². The van der Waals surface area contributed by atoms with Gasteiger partial charge >= 0.3 is 0 Å². The van der Waals surface area contributed by atoms with Crippen molar-refractivity contribution >= 4 is 0 Å². The molecule has 0 bridgehead atoms. The number of likely N-dealkylation sites (tertiary alicyclic amines) is 1. The number of nitrogens with zero attached hydrogens (tertiary/aromatic N) is 1. The molecule has 0 aromatic heterocycles. The van der Waals surface area contributed by atoms with E-state index < -0.39 is 0 Å². The summed E-state index contributed by atoms with van der Waals surface area (Å²) in [6, 6.07) is 0. The second-order valence-corrected chi connectivity index (χ2v) is 4.66. The van der Waals surface area contributed by atoms with E-state index in [-0.39, 0.29) is 5.83 Å². The molecular formula is C14H20FN. The zero-order valence-corrected chi connectivity index (χ0v) is 9.79. The Morgan fingerprint density at radius 2 is 2.19 bits per heavy atom. The lowest BCUT2D eigenvalue weighted by Crippen LogP contribution is -2.34. The Bertz CT molecular complexity index is 309. The molecule has 0 spiro atoms. The van der Waals surface area contributed by atoms with Crippen molar-refractivity contribution in [1.82, 2.24) is 4.90 Å². The maximum atomic E-state index is 13.7. The van der Waals surface area contributed by atoms with Crippen molar-refractivity contribution in [3.63, 3.8) is 0 Å². The van der Waals surface area contributed by atoms with Crippen molar-refractivity contribution in [3.05, 3.63) is 36.2 Å². The molecule has 1 aliphatic carbocycles. The molecule has 1 nitrogen and oxygen atoms in total. The lowest BCUT2D eigenvalue weighted by molar-refractivity contribution is 0.217. The maximum absolute atomic E-state index is 13.7. The summed E-state index contributed by atoms with van der Waals surface area (Å²) in [5.74, 6) is 0.572. The molecule has 0 radical (unpaired) electrons. The molecule has 1 aliphatic heterocycles. The number of allylic oxidation sites excluding steroid dienone is 4. The predicted molar refractivity (Wildman–Crippen MR) is 65.9 cm³/mol. The molecule has 0 saturated carbocycles. The first-order valence-corrected chi connectivity index (χ1v) is 6.19. The quantitative estimate of drug-likeness (QED) is 0.660. The summed E-state index contributed by atoms with van der Waals surface area (Å²) in [6.45, 7) is 6.86. The third kappa shape index (κ3) is 2.62. The molecule has 0 N–H and O–H groups in total. The van der Waals surface area contributed by atoms with Gasteiger partial charge in [0.1, 0.15) is 5.83 Å². The highest BCUT2D eigenvalue weighted by Gasteiger charge is 2.23. The van der Waals surface area contributed by atoms with E-state index in [1.54, 1.807) is 0 Å². The van der Waals surface area contributed by atoms with Crippen molar-refractivity contribution in [2.24, 2.45) is 5.92 Å². The average molecular weight is 221 g/mol. The van der Waals surface area contributed by atoms with Crippen LogP contribution in [0, 0.1) is 5.92 Å². The topological polar surface area (TPSA) is 3.24 Å². The first-order chi connectivity index (χ1) is 7.81. The van der Waals surface area contributed by atoms with E-state index in [1.807, 2.05) is 12.2 Å². The molecule has 1 fully saturated rings. The van der Waals surface area contributed by atoms with Gasteiger partial charge in [-0.15, -0.1) is 6.58 Å². The Kier molecular flexibility index (Phi) is 3.94. The van der Waals surface area contributed by atoms with Crippen molar-refractivity contribution in [2.45, 2.75) is 25.7 Å². The first-order valence-electron chi connectivity index (χ1n) is 6.19. The molecule has 0 unspecified atom stereocenters. The Morgan fingerprint density at radius 1 is 1.44 bits per heavy atom. The van der Waals surface area contributed by atoms with Crippen LogP contribution in [0.4, 0.5) is 4.39 Å². The molecule has 0 aromatic rings. The van der Waals surface area contributed by atoms with Crippen LogP contribution >= 0.6 is 0 Å². The third-order valence-corrected chi connectivity index (χ3v) is 3.56. The molecule has 0 aromatic carbocycles. The van der Waals surface area contributed by atoms with E-state index in [4.69, 9.17) is 0 Å². The van der Waals surface area contributed by atoms with E-state index in [1.165, 1.54) is 0 Å². The van der Waals surface area contributed by atoms with Crippen molar-refractivity contribution in [2.75, 3.05) is 19.6 Å². The molecule has 2 rings (SSSR count). The summed E-state index contributed by atoms with van der Waals surface area (Å²) >= 11 is 0. The summed E-state index contributed by atoms with van der Waals surface area (Å²) in [5, 5.41) is 0. The second kappa shape index (κ2) is 5.44. The molecule has 1 saturated heterocycles. The van der Waals surface area contributed by atoms with Crippen molar-refractivity contribution in [3.8, 4) is 0 Å². The van der Waals surface area contributed by atoms with E-state index in [0.717, 1.165) is 44.5 Å². The van der Waals surface area contributed by atoms with Crippen molar-refractivity contribution < 1.29 is 4.39 Å². The predicted octanol–water partition coefficient (Wildman–Crippen LogP) is 3.46. The first kappa shape index (κ1) is 11.6. The van der Waals surface area contributed by atoms with Gasteiger partial charge < -0.3 is 0 Å². The number of hydrogen-bond acceptors (Lipinski definition) is 1. The molecule has 2 aliphatic rings. The van der Waals surface area contributed by atoms with E-state index in [0.29, 0.717) is 12.3 Å². The third-order valence-electron chi connectivity index (χ3n) is 3.56. The molecule has 2 heteroatoms. The summed E-state index contributed by atoms with van der Waals surface area (Å²) in [4.78, 5) is 2.38. The minimum absolute atomic E-state index is 0.129. The Morgan fingerprint density at radius 3 is 2.81 bits per heavy atom. The fraction of sp³-hybridized carbons (Fsp3) is 0.571. The monoisotopic (exact) mass is 221 g/mol. The van der Waals surface area contributed by atoms with Crippen LogP contribution in [0.2, 0.25) is 0 Å². The number of piperidine rings is 1. The van der Waals surface area contributed by atoms with Gasteiger partial charge in [-0.3, -0.25) is 4.90 Å². The number of halogens is 1. The van der Waals surface area contributed by atoms with Gasteiger partial charge in [-0.25, -0.2) is 4.39 Å². The van der Waals surface area contributed by atoms with Crippen LogP contribution in [-0.2, 0) is 0 Å². The van der Waals surface area contributed by atoms with E-state index >= 15 is 0 Å². The lowest BCUT2D eigenvalue weighted by Gasteiger charge is -2.32. The minimum atomic E-state index is 0.129. The van der Waals surface area contributed by atoms with Crippen LogP contribution in [0.3, 0.4) is 0 Å². The molecule has 1 heterocycles. The Hall–Kier alpha value is -0.890. The van der Waals surface area contributed by atoms with Gasteiger partial charge in [0.2, 0.25) is 0 Å². The highest BCUT2D eigenvalue weighted by Crippen LogP contribution is 2.32. The van der Waals surface area contributed by atoms with Crippen molar-refractivity contribution in [1.29, 1.82) is 0 Å². The van der Waals surface area contributed by atoms with E-state index in [9.17, 15) is 4.39 Å². The SMILES string of the molecule is C=CCN1CCC(C2=C(F)CCC=C2)CC1. The van der Waals surface area contributed by atoms with Crippen LogP contribution in [0.15, 0.2) is 36.2 Å². The summed E-state index contributed by atoms with van der Waals surface area (Å²) in [7, 11) is 0. The lowest BCUT2D eigenvalue weighted by atomic mass is 9.86. The van der Waals surface area contributed by atoms with Crippen LogP contribution in [0.1, 0.15) is 25.7 Å². The standard InChI is InChI=1S/C14H20FN/c1-2-9-16-10-7-12(8-11-16)13-5-3-4-6-14(13)15/h2-3,5,12H,1,4,6-11H2. The highest BCUT2D eigenvalue weighted by molar-refractivity contribution is 5.28. The second-order valence-electron chi connectivity index (χ2n) is 4.66. The smallest absolute Gasteiger partial charge is 0.104 e. The number of hydrogen-bond donors (Lipinski definition) is 0. The largest absolute Gasteiger partial charge is 0.300 e. The zero-order valence-electron chi connectivity index (χ0n) is 9.79. The highest BCUT2D eigenvalue weighted by atomic mass is 19.1. The minimum Gasteiger partial charge on any atom is -0.300 e. The summed E-state index contributed by atoms with van der Waals surface area (Å²) < 4.78 is 13.7. The average Bonchev–Trinajstić information content (AvgIpc) is 2.31. The summed E-state index contributed by atoms with van der Waals surface area (Å²) in [5.41, 5.74) is 0.976. The fourth-order valence-corrected chi connectivity index (χ4v) is 2.62. The van der Waals surface area contributed by atoms with E-state index in [2.05, 4.69) is 17.6 Å². The zero-order chi connectivity index (χ0) is 11.4. The van der Waals surface area contributed by atoms with Gasteiger partial charge in [0.25, 0.3) is 0 Å². The molecule has 0 atom stereocenters. The van der Waals surface area contributed by atoms with Crippen LogP contribution < -0.4 is 0 Å². The normalized spacial score (nSPS) is 23.8.